The van der Waals surface area contributed by atoms with E-state index in [0.29, 0.717) is 17.2 Å². The number of H-pyrrole nitrogens is 1. The Hall–Kier alpha value is -3.79. The first-order chi connectivity index (χ1) is 14.6. The summed E-state index contributed by atoms with van der Waals surface area (Å²) < 4.78 is 24.7. The second kappa shape index (κ2) is 8.29. The SMILES string of the molecule is CCCc1[nH]nc2c1C(c1ccc(OCc3cccc(F)c3)cc1)C(C#N)=C(N)O2. The number of ether oxygens (including phenoxy) is 2. The summed E-state index contributed by atoms with van der Waals surface area (Å²) in [4.78, 5) is 0. The molecule has 1 aliphatic rings. The van der Waals surface area contributed by atoms with Gasteiger partial charge in [0.25, 0.3) is 0 Å². The Morgan fingerprint density at radius 3 is 2.77 bits per heavy atom. The number of benzene rings is 2. The van der Waals surface area contributed by atoms with Gasteiger partial charge in [-0.25, -0.2) is 4.39 Å². The van der Waals surface area contributed by atoms with Crippen molar-refractivity contribution < 1.29 is 13.9 Å². The smallest absolute Gasteiger partial charge is 0.244 e. The van der Waals surface area contributed by atoms with Crippen molar-refractivity contribution in [1.29, 1.82) is 5.26 Å². The highest BCUT2D eigenvalue weighted by Crippen LogP contribution is 2.43. The van der Waals surface area contributed by atoms with Crippen molar-refractivity contribution in [3.05, 3.63) is 88.2 Å². The van der Waals surface area contributed by atoms with Crippen molar-refractivity contribution in [3.8, 4) is 17.7 Å². The minimum atomic E-state index is -0.365. The van der Waals surface area contributed by atoms with Gasteiger partial charge in [-0.3, -0.25) is 5.10 Å². The number of rotatable bonds is 6. The lowest BCUT2D eigenvalue weighted by Gasteiger charge is -2.24. The Morgan fingerprint density at radius 2 is 2.07 bits per heavy atom. The summed E-state index contributed by atoms with van der Waals surface area (Å²) in [6.07, 6.45) is 1.71. The van der Waals surface area contributed by atoms with E-state index in [-0.39, 0.29) is 24.2 Å². The fourth-order valence-corrected chi connectivity index (χ4v) is 3.63. The number of aryl methyl sites for hydroxylation is 1. The van der Waals surface area contributed by atoms with E-state index in [1.807, 2.05) is 30.3 Å². The predicted molar refractivity (Wildman–Crippen MR) is 109 cm³/mol. The molecule has 1 aromatic heterocycles. The third kappa shape index (κ3) is 3.72. The summed E-state index contributed by atoms with van der Waals surface area (Å²) in [6, 6.07) is 15.9. The molecule has 0 spiro atoms. The van der Waals surface area contributed by atoms with Gasteiger partial charge in [-0.1, -0.05) is 37.6 Å². The minimum Gasteiger partial charge on any atom is -0.489 e. The summed E-state index contributed by atoms with van der Waals surface area (Å²) in [5.74, 6) is 0.462. The van der Waals surface area contributed by atoms with Crippen molar-refractivity contribution in [2.24, 2.45) is 5.73 Å². The highest BCUT2D eigenvalue weighted by atomic mass is 19.1. The van der Waals surface area contributed by atoms with Crippen molar-refractivity contribution >= 4 is 0 Å². The molecule has 1 unspecified atom stereocenters. The van der Waals surface area contributed by atoms with E-state index in [1.54, 1.807) is 6.07 Å². The van der Waals surface area contributed by atoms with Crippen molar-refractivity contribution in [1.82, 2.24) is 10.2 Å². The number of hydrogen-bond acceptors (Lipinski definition) is 5. The molecule has 2 heterocycles. The average Bonchev–Trinajstić information content (AvgIpc) is 3.14. The van der Waals surface area contributed by atoms with Crippen LogP contribution in [0.2, 0.25) is 0 Å². The molecule has 0 aliphatic carbocycles. The Bertz CT molecular complexity index is 1130. The molecule has 0 radical (unpaired) electrons. The third-order valence-corrected chi connectivity index (χ3v) is 5.03. The zero-order chi connectivity index (χ0) is 21.1. The van der Waals surface area contributed by atoms with Gasteiger partial charge in [-0.15, -0.1) is 5.10 Å². The normalized spacial score (nSPS) is 15.3. The average molecular weight is 404 g/mol. The van der Waals surface area contributed by atoms with Crippen LogP contribution >= 0.6 is 0 Å². The molecule has 1 atom stereocenters. The van der Waals surface area contributed by atoms with E-state index in [9.17, 15) is 9.65 Å². The lowest BCUT2D eigenvalue weighted by molar-refractivity contribution is 0.305. The van der Waals surface area contributed by atoms with Crippen LogP contribution in [-0.4, -0.2) is 10.2 Å². The van der Waals surface area contributed by atoms with Crippen LogP contribution in [0.4, 0.5) is 4.39 Å². The Labute approximate surface area is 173 Å². The molecule has 0 saturated carbocycles. The van der Waals surface area contributed by atoms with Gasteiger partial charge >= 0.3 is 0 Å². The lowest BCUT2D eigenvalue weighted by atomic mass is 9.83. The molecule has 7 heteroatoms. The number of nitrogens with zero attached hydrogens (tertiary/aromatic N) is 2. The van der Waals surface area contributed by atoms with E-state index in [0.717, 1.165) is 35.2 Å². The minimum absolute atomic E-state index is 0.0657. The summed E-state index contributed by atoms with van der Waals surface area (Å²) in [5, 5.41) is 17.0. The van der Waals surface area contributed by atoms with Gasteiger partial charge in [-0.05, 0) is 41.8 Å². The fourth-order valence-electron chi connectivity index (χ4n) is 3.63. The van der Waals surface area contributed by atoms with Gasteiger partial charge in [0.1, 0.15) is 29.8 Å². The monoisotopic (exact) mass is 404 g/mol. The number of fused-ring (bicyclic) bond motifs is 1. The van der Waals surface area contributed by atoms with Crippen LogP contribution in [0.25, 0.3) is 0 Å². The number of aromatic amines is 1. The molecule has 2 aromatic carbocycles. The number of nitrogens with one attached hydrogen (secondary N) is 1. The van der Waals surface area contributed by atoms with Crippen LogP contribution in [0.15, 0.2) is 60.0 Å². The zero-order valence-electron chi connectivity index (χ0n) is 16.5. The maximum absolute atomic E-state index is 13.3. The molecule has 0 amide bonds. The van der Waals surface area contributed by atoms with Gasteiger partial charge in [0.05, 0.1) is 5.92 Å². The van der Waals surface area contributed by atoms with Crippen LogP contribution in [-0.2, 0) is 13.0 Å². The maximum atomic E-state index is 13.3. The molecule has 3 aromatic rings. The van der Waals surface area contributed by atoms with E-state index in [4.69, 9.17) is 15.2 Å². The number of halogens is 1. The highest BCUT2D eigenvalue weighted by molar-refractivity contribution is 5.55. The van der Waals surface area contributed by atoms with E-state index >= 15 is 0 Å². The standard InChI is InChI=1S/C23H21FN4O2/c1-2-4-19-21-20(18(12-25)22(26)30-23(21)28-27-19)15-7-9-17(10-8-15)29-13-14-5-3-6-16(24)11-14/h3,5-11,20H,2,4,13,26H2,1H3,(H,27,28). The van der Waals surface area contributed by atoms with Crippen LogP contribution in [0.5, 0.6) is 11.6 Å². The van der Waals surface area contributed by atoms with E-state index in [2.05, 4.69) is 23.2 Å². The molecule has 1 aliphatic heterocycles. The first-order valence-corrected chi connectivity index (χ1v) is 9.72. The molecular formula is C23H21FN4O2. The summed E-state index contributed by atoms with van der Waals surface area (Å²) in [7, 11) is 0. The topological polar surface area (TPSA) is 97.0 Å². The first kappa shape index (κ1) is 19.5. The second-order valence-corrected chi connectivity index (χ2v) is 7.08. The summed E-state index contributed by atoms with van der Waals surface area (Å²) in [6.45, 7) is 2.34. The summed E-state index contributed by atoms with van der Waals surface area (Å²) in [5.41, 5.74) is 9.76. The predicted octanol–water partition coefficient (Wildman–Crippen LogP) is 4.30. The molecule has 6 nitrogen and oxygen atoms in total. The lowest BCUT2D eigenvalue weighted by Crippen LogP contribution is -2.21. The van der Waals surface area contributed by atoms with E-state index < -0.39 is 0 Å². The molecule has 4 rings (SSSR count). The zero-order valence-corrected chi connectivity index (χ0v) is 16.5. The number of allylic oxidation sites excluding steroid dienone is 1. The second-order valence-electron chi connectivity index (χ2n) is 7.08. The van der Waals surface area contributed by atoms with Crippen LogP contribution in [0.3, 0.4) is 0 Å². The van der Waals surface area contributed by atoms with Crippen LogP contribution < -0.4 is 15.2 Å². The fraction of sp³-hybridized carbons (Fsp3) is 0.217. The Kier molecular flexibility index (Phi) is 5.40. The van der Waals surface area contributed by atoms with Gasteiger partial charge in [-0.2, -0.15) is 5.26 Å². The van der Waals surface area contributed by atoms with Gasteiger partial charge in [0, 0.05) is 11.3 Å². The molecule has 0 saturated heterocycles. The van der Waals surface area contributed by atoms with Gasteiger partial charge < -0.3 is 15.2 Å². The van der Waals surface area contributed by atoms with Gasteiger partial charge in [0.2, 0.25) is 11.8 Å². The molecule has 3 N–H and O–H groups in total. The molecule has 152 valence electrons. The Morgan fingerprint density at radius 1 is 1.27 bits per heavy atom. The number of nitrogens with two attached hydrogens (primary N) is 1. The first-order valence-electron chi connectivity index (χ1n) is 9.72. The quantitative estimate of drug-likeness (QED) is 0.638. The summed E-state index contributed by atoms with van der Waals surface area (Å²) >= 11 is 0. The van der Waals surface area contributed by atoms with Gasteiger partial charge in [0.15, 0.2) is 0 Å². The van der Waals surface area contributed by atoms with Crippen molar-refractivity contribution in [3.63, 3.8) is 0 Å². The Balaban J connectivity index is 1.61. The third-order valence-electron chi connectivity index (χ3n) is 5.03. The number of aromatic nitrogens is 2. The maximum Gasteiger partial charge on any atom is 0.244 e. The number of hydrogen-bond donors (Lipinski definition) is 2. The number of nitriles is 1. The largest absolute Gasteiger partial charge is 0.489 e. The molecular weight excluding hydrogens is 383 g/mol. The van der Waals surface area contributed by atoms with Crippen molar-refractivity contribution in [2.75, 3.05) is 0 Å². The van der Waals surface area contributed by atoms with Crippen molar-refractivity contribution in [2.45, 2.75) is 32.3 Å². The highest BCUT2D eigenvalue weighted by Gasteiger charge is 2.34. The molecule has 0 fully saturated rings. The van der Waals surface area contributed by atoms with Crippen LogP contribution in [0.1, 0.15) is 41.6 Å². The molecule has 0 bridgehead atoms. The van der Waals surface area contributed by atoms with E-state index in [1.165, 1.54) is 12.1 Å². The molecule has 30 heavy (non-hydrogen) atoms. The van der Waals surface area contributed by atoms with Crippen LogP contribution in [0, 0.1) is 17.1 Å².